The van der Waals surface area contributed by atoms with Crippen LogP contribution in [-0.4, -0.2) is 11.3 Å². The summed E-state index contributed by atoms with van der Waals surface area (Å²) in [6.45, 7) is 1.72. The van der Waals surface area contributed by atoms with E-state index >= 15 is 0 Å². The molecular formula is C11H10BrF3OS. The molecule has 0 saturated heterocycles. The Morgan fingerprint density at radius 3 is 2.53 bits per heavy atom. The number of benzene rings is 1. The fourth-order valence-corrected chi connectivity index (χ4v) is 2.58. The van der Waals surface area contributed by atoms with Gasteiger partial charge in [0.05, 0.1) is 0 Å². The molecule has 0 N–H and O–H groups in total. The van der Waals surface area contributed by atoms with Crippen molar-refractivity contribution in [3.8, 4) is 0 Å². The highest BCUT2D eigenvalue weighted by atomic mass is 79.9. The molecule has 0 amide bonds. The monoisotopic (exact) mass is 326 g/mol. The van der Waals surface area contributed by atoms with Crippen molar-refractivity contribution in [2.75, 3.05) is 0 Å². The third-order valence-electron chi connectivity index (χ3n) is 2.07. The van der Waals surface area contributed by atoms with Crippen molar-refractivity contribution in [3.63, 3.8) is 0 Å². The van der Waals surface area contributed by atoms with Crippen LogP contribution in [0.4, 0.5) is 13.2 Å². The van der Waals surface area contributed by atoms with E-state index in [4.69, 9.17) is 0 Å². The quantitative estimate of drug-likeness (QED) is 0.449. The van der Waals surface area contributed by atoms with Crippen molar-refractivity contribution in [3.05, 3.63) is 29.3 Å². The summed E-state index contributed by atoms with van der Waals surface area (Å²) in [6, 6.07) is 4.29. The summed E-state index contributed by atoms with van der Waals surface area (Å²) in [7, 11) is 0. The van der Waals surface area contributed by atoms with Crippen LogP contribution < -0.4 is 0 Å². The molecule has 0 aromatic heterocycles. The summed E-state index contributed by atoms with van der Waals surface area (Å²) in [6.07, 6.45) is 0.341. The van der Waals surface area contributed by atoms with E-state index in [-0.39, 0.29) is 27.8 Å². The Balaban J connectivity index is 3.05. The molecular weight excluding hydrogens is 317 g/mol. The summed E-state index contributed by atoms with van der Waals surface area (Å²) in [5, 5.41) is 0.288. The molecule has 0 saturated carbocycles. The summed E-state index contributed by atoms with van der Waals surface area (Å²) >= 11 is 2.97. The van der Waals surface area contributed by atoms with Crippen LogP contribution in [0.1, 0.15) is 29.3 Å². The Labute approximate surface area is 110 Å². The number of hydrogen-bond acceptors (Lipinski definition) is 2. The molecule has 0 fully saturated rings. The number of ketones is 1. The first-order valence-corrected chi connectivity index (χ1v) is 6.79. The fourth-order valence-electron chi connectivity index (χ4n) is 1.29. The van der Waals surface area contributed by atoms with Gasteiger partial charge >= 0.3 is 5.51 Å². The fraction of sp³-hybridized carbons (Fsp3) is 0.364. The number of carbonyl (C=O) groups is 1. The molecule has 94 valence electrons. The minimum absolute atomic E-state index is 0.0734. The van der Waals surface area contributed by atoms with Gasteiger partial charge in [-0.15, -0.1) is 0 Å². The Morgan fingerprint density at radius 1 is 1.41 bits per heavy atom. The zero-order valence-corrected chi connectivity index (χ0v) is 11.4. The number of carbonyl (C=O) groups excluding carboxylic acids is 1. The zero-order chi connectivity index (χ0) is 13.1. The van der Waals surface area contributed by atoms with Crippen LogP contribution in [-0.2, 0) is 5.33 Å². The van der Waals surface area contributed by atoms with E-state index in [0.717, 1.165) is 0 Å². The van der Waals surface area contributed by atoms with E-state index in [1.54, 1.807) is 6.92 Å². The Bertz CT molecular complexity index is 418. The third kappa shape index (κ3) is 4.35. The molecule has 1 nitrogen and oxygen atoms in total. The number of alkyl halides is 4. The molecule has 0 unspecified atom stereocenters. The molecule has 1 aromatic carbocycles. The van der Waals surface area contributed by atoms with Crippen molar-refractivity contribution >= 4 is 33.5 Å². The molecule has 0 aliphatic heterocycles. The van der Waals surface area contributed by atoms with Crippen LogP contribution in [0.2, 0.25) is 0 Å². The Hall–Kier alpha value is -0.490. The lowest BCUT2D eigenvalue weighted by Crippen LogP contribution is -2.02. The van der Waals surface area contributed by atoms with Crippen LogP contribution in [0, 0.1) is 0 Å². The topological polar surface area (TPSA) is 17.1 Å². The minimum atomic E-state index is -4.31. The summed E-state index contributed by atoms with van der Waals surface area (Å²) < 4.78 is 36.8. The molecule has 0 spiro atoms. The second kappa shape index (κ2) is 5.91. The van der Waals surface area contributed by atoms with Gasteiger partial charge in [-0.3, -0.25) is 4.79 Å². The lowest BCUT2D eigenvalue weighted by atomic mass is 10.1. The van der Waals surface area contributed by atoms with E-state index in [1.165, 1.54) is 18.2 Å². The van der Waals surface area contributed by atoms with E-state index < -0.39 is 5.51 Å². The predicted octanol–water partition coefficient (Wildman–Crippen LogP) is 4.79. The van der Waals surface area contributed by atoms with Crippen molar-refractivity contribution in [1.29, 1.82) is 0 Å². The zero-order valence-electron chi connectivity index (χ0n) is 8.97. The first kappa shape index (κ1) is 14.6. The van der Waals surface area contributed by atoms with Crippen molar-refractivity contribution in [1.82, 2.24) is 0 Å². The van der Waals surface area contributed by atoms with Gasteiger partial charge in [-0.05, 0) is 29.5 Å². The second-order valence-electron chi connectivity index (χ2n) is 3.28. The maximum atomic E-state index is 12.3. The molecule has 0 atom stereocenters. The maximum Gasteiger partial charge on any atom is 0.446 e. The van der Waals surface area contributed by atoms with Crippen molar-refractivity contribution < 1.29 is 18.0 Å². The van der Waals surface area contributed by atoms with E-state index in [1.807, 2.05) is 0 Å². The second-order valence-corrected chi connectivity index (χ2v) is 4.95. The molecule has 17 heavy (non-hydrogen) atoms. The maximum absolute atomic E-state index is 12.3. The highest BCUT2D eigenvalue weighted by Crippen LogP contribution is 2.39. The lowest BCUT2D eigenvalue weighted by Gasteiger charge is -2.10. The largest absolute Gasteiger partial charge is 0.446 e. The van der Waals surface area contributed by atoms with Gasteiger partial charge in [0.2, 0.25) is 0 Å². The predicted molar refractivity (Wildman–Crippen MR) is 65.6 cm³/mol. The van der Waals surface area contributed by atoms with Gasteiger partial charge in [0.1, 0.15) is 0 Å². The first-order valence-electron chi connectivity index (χ1n) is 4.85. The summed E-state index contributed by atoms with van der Waals surface area (Å²) in [5.41, 5.74) is -3.38. The lowest BCUT2D eigenvalue weighted by molar-refractivity contribution is -0.0328. The van der Waals surface area contributed by atoms with Gasteiger partial charge in [-0.2, -0.15) is 13.2 Å². The van der Waals surface area contributed by atoms with E-state index in [9.17, 15) is 18.0 Å². The van der Waals surface area contributed by atoms with Gasteiger partial charge in [-0.25, -0.2) is 0 Å². The van der Waals surface area contributed by atoms with Gasteiger partial charge in [-0.1, -0.05) is 28.9 Å². The molecule has 6 heteroatoms. The SMILES string of the molecule is CCC(=O)c1ccc(SC(F)(F)F)c(CBr)c1. The molecule has 1 rings (SSSR count). The molecule has 0 aliphatic carbocycles. The van der Waals surface area contributed by atoms with Gasteiger partial charge in [0, 0.05) is 22.2 Å². The third-order valence-corrected chi connectivity index (χ3v) is 3.53. The molecule has 1 aromatic rings. The number of rotatable bonds is 4. The van der Waals surface area contributed by atoms with Crippen LogP contribution >= 0.6 is 27.7 Å². The number of Topliss-reactive ketones (excluding diaryl/α,β-unsaturated/α-hetero) is 1. The standard InChI is InChI=1S/C11H10BrF3OS/c1-2-9(16)7-3-4-10(8(5-7)6-12)17-11(13,14)15/h3-5H,2,6H2,1H3. The van der Waals surface area contributed by atoms with Gasteiger partial charge in [0.15, 0.2) is 5.78 Å². The van der Waals surface area contributed by atoms with Gasteiger partial charge in [0.25, 0.3) is 0 Å². The van der Waals surface area contributed by atoms with E-state index in [2.05, 4.69) is 15.9 Å². The smallest absolute Gasteiger partial charge is 0.294 e. The van der Waals surface area contributed by atoms with Crippen molar-refractivity contribution in [2.45, 2.75) is 29.1 Å². The molecule has 0 aliphatic rings. The molecule has 0 heterocycles. The number of hydrogen-bond donors (Lipinski definition) is 0. The summed E-state index contributed by atoms with van der Waals surface area (Å²) in [5.74, 6) is -0.0734. The van der Waals surface area contributed by atoms with Gasteiger partial charge < -0.3 is 0 Å². The number of thioether (sulfide) groups is 1. The van der Waals surface area contributed by atoms with Crippen LogP contribution in [0.5, 0.6) is 0 Å². The first-order chi connectivity index (χ1) is 7.87. The number of halogens is 4. The Morgan fingerprint density at radius 2 is 2.06 bits per heavy atom. The van der Waals surface area contributed by atoms with Crippen LogP contribution in [0.25, 0.3) is 0 Å². The molecule has 0 radical (unpaired) electrons. The summed E-state index contributed by atoms with van der Waals surface area (Å²) in [4.78, 5) is 11.6. The minimum Gasteiger partial charge on any atom is -0.294 e. The normalized spacial score (nSPS) is 11.6. The average molecular weight is 327 g/mol. The Kier molecular flexibility index (Phi) is 5.06. The van der Waals surface area contributed by atoms with E-state index in [0.29, 0.717) is 17.5 Å². The molecule has 0 bridgehead atoms. The van der Waals surface area contributed by atoms with Crippen molar-refractivity contribution in [2.24, 2.45) is 0 Å². The highest BCUT2D eigenvalue weighted by molar-refractivity contribution is 9.08. The average Bonchev–Trinajstić information content (AvgIpc) is 2.26. The highest BCUT2D eigenvalue weighted by Gasteiger charge is 2.30. The van der Waals surface area contributed by atoms with Crippen LogP contribution in [0.15, 0.2) is 23.1 Å². The van der Waals surface area contributed by atoms with Crippen LogP contribution in [0.3, 0.4) is 0 Å².